The van der Waals surface area contributed by atoms with Gasteiger partial charge >= 0.3 is 0 Å². The van der Waals surface area contributed by atoms with Crippen LogP contribution >= 0.6 is 28.1 Å². The van der Waals surface area contributed by atoms with Crippen LogP contribution in [0.25, 0.3) is 6.08 Å². The molecule has 0 unspecified atom stereocenters. The van der Waals surface area contributed by atoms with Gasteiger partial charge in [0.05, 0.1) is 20.3 Å². The van der Waals surface area contributed by atoms with Crippen LogP contribution in [0, 0.1) is 0 Å². The molecule has 0 bridgehead atoms. The van der Waals surface area contributed by atoms with Crippen molar-refractivity contribution in [1.29, 1.82) is 0 Å². The van der Waals surface area contributed by atoms with Crippen LogP contribution in [-0.2, 0) is 16.1 Å². The highest BCUT2D eigenvalue weighted by molar-refractivity contribution is 9.10. The van der Waals surface area contributed by atoms with Crippen molar-refractivity contribution in [3.63, 3.8) is 0 Å². The Balaban J connectivity index is 1.50. The summed E-state index contributed by atoms with van der Waals surface area (Å²) in [5.74, 6) is 0.360. The van der Waals surface area contributed by atoms with E-state index in [9.17, 15) is 4.79 Å². The van der Waals surface area contributed by atoms with E-state index in [1.165, 1.54) is 11.6 Å². The summed E-state index contributed by atoms with van der Waals surface area (Å²) in [6.07, 6.45) is 3.10. The van der Waals surface area contributed by atoms with Crippen molar-refractivity contribution in [2.45, 2.75) is 6.54 Å². The maximum absolute atomic E-state index is 12.2. The van der Waals surface area contributed by atoms with Crippen molar-refractivity contribution in [1.82, 2.24) is 10.2 Å². The molecule has 2 N–H and O–H groups in total. The number of halogens is 1. The molecule has 0 atom stereocenters. The van der Waals surface area contributed by atoms with Crippen LogP contribution in [-0.4, -0.2) is 49.3 Å². The van der Waals surface area contributed by atoms with Crippen LogP contribution in [0.1, 0.15) is 11.1 Å². The molecule has 158 valence electrons. The lowest BCUT2D eigenvalue weighted by atomic mass is 10.2. The fourth-order valence-electron chi connectivity index (χ4n) is 3.03. The minimum absolute atomic E-state index is 0.242. The second-order valence-electron chi connectivity index (χ2n) is 6.75. The first-order chi connectivity index (χ1) is 14.5. The predicted molar refractivity (Wildman–Crippen MR) is 127 cm³/mol. The zero-order chi connectivity index (χ0) is 21.3. The number of rotatable bonds is 6. The van der Waals surface area contributed by atoms with Crippen molar-refractivity contribution in [2.75, 3.05) is 38.7 Å². The van der Waals surface area contributed by atoms with E-state index < -0.39 is 0 Å². The van der Waals surface area contributed by atoms with Gasteiger partial charge in [0, 0.05) is 41.4 Å². The van der Waals surface area contributed by atoms with E-state index in [2.05, 4.69) is 43.6 Å². The highest BCUT2D eigenvalue weighted by Gasteiger charge is 2.10. The average Bonchev–Trinajstić information content (AvgIpc) is 2.74. The summed E-state index contributed by atoms with van der Waals surface area (Å²) in [5.41, 5.74) is 2.84. The van der Waals surface area contributed by atoms with E-state index in [1.807, 2.05) is 30.3 Å². The highest BCUT2D eigenvalue weighted by Crippen LogP contribution is 2.24. The van der Waals surface area contributed by atoms with Crippen molar-refractivity contribution in [2.24, 2.45) is 0 Å². The SMILES string of the molecule is COc1ccc(Br)cc1/C=C/C(=O)NC(=S)Nc1ccc(CN2CCOCC2)cc1. The Hall–Kier alpha value is -2.26. The number of nitrogens with one attached hydrogen (secondary N) is 2. The number of ether oxygens (including phenoxy) is 2. The van der Waals surface area contributed by atoms with Gasteiger partial charge in [0.1, 0.15) is 5.75 Å². The standard InChI is InChI=1S/C22H24BrN3O3S/c1-28-20-8-5-18(23)14-17(20)4-9-21(27)25-22(30)24-19-6-2-16(3-7-19)15-26-10-12-29-13-11-26/h2-9,14H,10-13,15H2,1H3,(H2,24,25,27,30)/b9-4+. The minimum Gasteiger partial charge on any atom is -0.496 e. The molecule has 3 rings (SSSR count). The Morgan fingerprint density at radius 3 is 2.67 bits per heavy atom. The maximum atomic E-state index is 12.2. The first-order valence-corrected chi connectivity index (χ1v) is 10.8. The van der Waals surface area contributed by atoms with Gasteiger partial charge in [-0.25, -0.2) is 0 Å². The van der Waals surface area contributed by atoms with E-state index in [-0.39, 0.29) is 11.0 Å². The number of amides is 1. The lowest BCUT2D eigenvalue weighted by Gasteiger charge is -2.26. The van der Waals surface area contributed by atoms with Crippen LogP contribution in [0.3, 0.4) is 0 Å². The van der Waals surface area contributed by atoms with Gasteiger partial charge in [-0.15, -0.1) is 0 Å². The molecule has 1 amide bonds. The molecule has 1 fully saturated rings. The number of carbonyl (C=O) groups is 1. The van der Waals surface area contributed by atoms with Crippen LogP contribution in [0.2, 0.25) is 0 Å². The van der Waals surface area contributed by atoms with E-state index in [0.29, 0.717) is 5.75 Å². The topological polar surface area (TPSA) is 62.8 Å². The van der Waals surface area contributed by atoms with Crippen molar-refractivity contribution < 1.29 is 14.3 Å². The summed E-state index contributed by atoms with van der Waals surface area (Å²) in [6.45, 7) is 4.38. The van der Waals surface area contributed by atoms with Gasteiger partial charge in [-0.2, -0.15) is 0 Å². The van der Waals surface area contributed by atoms with Crippen molar-refractivity contribution in [3.05, 3.63) is 64.1 Å². The number of nitrogens with zero attached hydrogens (tertiary/aromatic N) is 1. The molecule has 6 nitrogen and oxygen atoms in total. The third-order valence-corrected chi connectivity index (χ3v) is 5.26. The molecular formula is C22H24BrN3O3S. The van der Waals surface area contributed by atoms with Crippen LogP contribution in [0.4, 0.5) is 5.69 Å². The predicted octanol–water partition coefficient (Wildman–Crippen LogP) is 3.82. The lowest BCUT2D eigenvalue weighted by Crippen LogP contribution is -2.35. The quantitative estimate of drug-likeness (QED) is 0.475. The summed E-state index contributed by atoms with van der Waals surface area (Å²) < 4.78 is 11.6. The molecule has 1 saturated heterocycles. The molecule has 0 saturated carbocycles. The van der Waals surface area contributed by atoms with Crippen LogP contribution in [0.15, 0.2) is 53.0 Å². The number of benzene rings is 2. The number of morpholine rings is 1. The minimum atomic E-state index is -0.321. The normalized spacial score (nSPS) is 14.5. The molecule has 2 aromatic rings. The molecule has 0 radical (unpaired) electrons. The Morgan fingerprint density at radius 2 is 1.97 bits per heavy atom. The van der Waals surface area contributed by atoms with E-state index >= 15 is 0 Å². The zero-order valence-corrected chi connectivity index (χ0v) is 19.1. The lowest BCUT2D eigenvalue weighted by molar-refractivity contribution is -0.115. The molecule has 0 spiro atoms. The van der Waals surface area contributed by atoms with Crippen LogP contribution in [0.5, 0.6) is 5.75 Å². The Morgan fingerprint density at radius 1 is 1.23 bits per heavy atom. The zero-order valence-electron chi connectivity index (χ0n) is 16.7. The number of hydrogen-bond acceptors (Lipinski definition) is 5. The molecule has 2 aromatic carbocycles. The molecular weight excluding hydrogens is 466 g/mol. The summed E-state index contributed by atoms with van der Waals surface area (Å²) >= 11 is 8.66. The summed E-state index contributed by atoms with van der Waals surface area (Å²) in [5, 5.41) is 5.93. The van der Waals surface area contributed by atoms with Gasteiger partial charge in [0.2, 0.25) is 5.91 Å². The molecule has 0 aliphatic carbocycles. The Kier molecular flexibility index (Phi) is 8.39. The monoisotopic (exact) mass is 489 g/mol. The molecule has 8 heteroatoms. The molecule has 1 aliphatic heterocycles. The smallest absolute Gasteiger partial charge is 0.250 e. The summed E-state index contributed by atoms with van der Waals surface area (Å²) in [6, 6.07) is 13.6. The van der Waals surface area contributed by atoms with Gasteiger partial charge in [-0.3, -0.25) is 15.0 Å². The molecule has 30 heavy (non-hydrogen) atoms. The molecule has 0 aromatic heterocycles. The number of hydrogen-bond donors (Lipinski definition) is 2. The third-order valence-electron chi connectivity index (χ3n) is 4.56. The fraction of sp³-hybridized carbons (Fsp3) is 0.273. The largest absolute Gasteiger partial charge is 0.496 e. The first-order valence-electron chi connectivity index (χ1n) is 9.56. The second kappa shape index (κ2) is 11.2. The highest BCUT2D eigenvalue weighted by atomic mass is 79.9. The maximum Gasteiger partial charge on any atom is 0.250 e. The summed E-state index contributed by atoms with van der Waals surface area (Å²) in [4.78, 5) is 14.5. The van der Waals surface area contributed by atoms with E-state index in [0.717, 1.165) is 48.6 Å². The third kappa shape index (κ3) is 6.91. The Labute approximate surface area is 190 Å². The second-order valence-corrected chi connectivity index (χ2v) is 8.07. The average molecular weight is 490 g/mol. The van der Waals surface area contributed by atoms with Gasteiger partial charge in [-0.1, -0.05) is 28.1 Å². The molecule has 1 heterocycles. The summed E-state index contributed by atoms with van der Waals surface area (Å²) in [7, 11) is 1.59. The van der Waals surface area contributed by atoms with Gasteiger partial charge < -0.3 is 14.8 Å². The van der Waals surface area contributed by atoms with Gasteiger partial charge in [-0.05, 0) is 54.2 Å². The first kappa shape index (κ1) is 22.4. The van der Waals surface area contributed by atoms with Crippen molar-refractivity contribution >= 4 is 50.9 Å². The number of methoxy groups -OCH3 is 1. The van der Waals surface area contributed by atoms with Crippen LogP contribution < -0.4 is 15.4 Å². The van der Waals surface area contributed by atoms with E-state index in [4.69, 9.17) is 21.7 Å². The number of carbonyl (C=O) groups excluding carboxylic acids is 1. The fourth-order valence-corrected chi connectivity index (χ4v) is 3.63. The Bertz CT molecular complexity index is 912. The number of anilines is 1. The van der Waals surface area contributed by atoms with Gasteiger partial charge in [0.15, 0.2) is 5.11 Å². The van der Waals surface area contributed by atoms with Gasteiger partial charge in [0.25, 0.3) is 0 Å². The molecule has 1 aliphatic rings. The van der Waals surface area contributed by atoms with Crippen molar-refractivity contribution in [3.8, 4) is 5.75 Å². The number of thiocarbonyl (C=S) groups is 1. The van der Waals surface area contributed by atoms with E-state index in [1.54, 1.807) is 13.2 Å².